The van der Waals surface area contributed by atoms with E-state index in [4.69, 9.17) is 5.73 Å². The van der Waals surface area contributed by atoms with E-state index in [9.17, 15) is 4.79 Å². The van der Waals surface area contributed by atoms with Gasteiger partial charge < -0.3 is 16.0 Å². The van der Waals surface area contributed by atoms with Crippen LogP contribution in [0.2, 0.25) is 0 Å². The average molecular weight is 226 g/mol. The Kier molecular flexibility index (Phi) is 5.08. The molecule has 1 aliphatic rings. The van der Waals surface area contributed by atoms with Gasteiger partial charge in [0.2, 0.25) is 5.91 Å². The first kappa shape index (κ1) is 12.8. The topological polar surface area (TPSA) is 70.7 Å². The lowest BCUT2D eigenvalue weighted by molar-refractivity contribution is -0.118. The second kappa shape index (κ2) is 6.35. The predicted octanol–water partition coefficient (Wildman–Crippen LogP) is 0.169. The molecule has 0 bridgehead atoms. The molecule has 1 heterocycles. The third-order valence-electron chi connectivity index (χ3n) is 2.87. The van der Waals surface area contributed by atoms with Crippen LogP contribution in [-0.2, 0) is 4.79 Å². The number of hydrogen-bond donors (Lipinski definition) is 2. The Morgan fingerprint density at radius 2 is 2.12 bits per heavy atom. The first-order valence-electron chi connectivity index (χ1n) is 5.89. The van der Waals surface area contributed by atoms with Crippen molar-refractivity contribution in [2.45, 2.75) is 26.7 Å². The largest absolute Gasteiger partial charge is 0.370 e. The van der Waals surface area contributed by atoms with E-state index in [1.165, 1.54) is 19.8 Å². The van der Waals surface area contributed by atoms with E-state index in [1.54, 1.807) is 0 Å². The number of amides is 1. The van der Waals surface area contributed by atoms with Crippen LogP contribution in [0.1, 0.15) is 26.7 Å². The summed E-state index contributed by atoms with van der Waals surface area (Å²) in [4.78, 5) is 17.0. The summed E-state index contributed by atoms with van der Waals surface area (Å²) in [5.74, 6) is 1.38. The molecule has 0 aliphatic carbocycles. The third kappa shape index (κ3) is 4.51. The van der Waals surface area contributed by atoms with E-state index in [1.807, 2.05) is 0 Å². The fraction of sp³-hybridized carbons (Fsp3) is 0.818. The molecule has 1 saturated heterocycles. The van der Waals surface area contributed by atoms with Gasteiger partial charge in [0, 0.05) is 26.6 Å². The van der Waals surface area contributed by atoms with E-state index in [0.717, 1.165) is 19.0 Å². The molecule has 1 aliphatic heterocycles. The molecule has 0 radical (unpaired) electrons. The van der Waals surface area contributed by atoms with Crippen molar-refractivity contribution in [2.75, 3.05) is 26.2 Å². The van der Waals surface area contributed by atoms with Gasteiger partial charge in [-0.25, -0.2) is 0 Å². The van der Waals surface area contributed by atoms with Gasteiger partial charge in [-0.15, -0.1) is 0 Å². The van der Waals surface area contributed by atoms with Crippen molar-refractivity contribution in [3.05, 3.63) is 0 Å². The Bertz CT molecular complexity index is 257. The Balaban J connectivity index is 2.24. The summed E-state index contributed by atoms with van der Waals surface area (Å²) in [6, 6.07) is 0. The first-order chi connectivity index (χ1) is 7.59. The van der Waals surface area contributed by atoms with Crippen LogP contribution < -0.4 is 11.1 Å². The van der Waals surface area contributed by atoms with Gasteiger partial charge in [-0.2, -0.15) is 0 Å². The van der Waals surface area contributed by atoms with Crippen molar-refractivity contribution in [1.82, 2.24) is 10.2 Å². The fourth-order valence-corrected chi connectivity index (χ4v) is 1.74. The van der Waals surface area contributed by atoms with Crippen LogP contribution >= 0.6 is 0 Å². The molecule has 0 aromatic heterocycles. The molecule has 0 aromatic carbocycles. The van der Waals surface area contributed by atoms with E-state index < -0.39 is 0 Å². The van der Waals surface area contributed by atoms with Crippen molar-refractivity contribution in [2.24, 2.45) is 16.6 Å². The maximum Gasteiger partial charge on any atom is 0.216 e. The maximum absolute atomic E-state index is 10.6. The molecular formula is C11H22N4O. The van der Waals surface area contributed by atoms with Crippen molar-refractivity contribution >= 4 is 11.9 Å². The number of carbonyl (C=O) groups excluding carboxylic acids is 1. The SMILES string of the molecule is CC(=O)NCCN=C(N)N1CCC(C)CC1. The van der Waals surface area contributed by atoms with Crippen LogP contribution in [0.15, 0.2) is 4.99 Å². The van der Waals surface area contributed by atoms with Gasteiger partial charge in [-0.1, -0.05) is 6.92 Å². The zero-order valence-corrected chi connectivity index (χ0v) is 10.2. The van der Waals surface area contributed by atoms with E-state index >= 15 is 0 Å². The molecule has 3 N–H and O–H groups in total. The molecule has 92 valence electrons. The van der Waals surface area contributed by atoms with Crippen LogP contribution in [-0.4, -0.2) is 42.9 Å². The molecule has 0 aromatic rings. The second-order valence-electron chi connectivity index (χ2n) is 4.39. The number of nitrogens with one attached hydrogen (secondary N) is 1. The van der Waals surface area contributed by atoms with Crippen LogP contribution in [0.25, 0.3) is 0 Å². The molecule has 16 heavy (non-hydrogen) atoms. The summed E-state index contributed by atoms with van der Waals surface area (Å²) < 4.78 is 0. The highest BCUT2D eigenvalue weighted by atomic mass is 16.1. The zero-order valence-electron chi connectivity index (χ0n) is 10.2. The summed E-state index contributed by atoms with van der Waals surface area (Å²) in [6.07, 6.45) is 2.36. The molecule has 0 saturated carbocycles. The fourth-order valence-electron chi connectivity index (χ4n) is 1.74. The lowest BCUT2D eigenvalue weighted by Crippen LogP contribution is -2.42. The molecule has 5 nitrogen and oxygen atoms in total. The Morgan fingerprint density at radius 3 is 2.69 bits per heavy atom. The number of likely N-dealkylation sites (tertiary alicyclic amines) is 1. The van der Waals surface area contributed by atoms with Gasteiger partial charge in [-0.3, -0.25) is 9.79 Å². The first-order valence-corrected chi connectivity index (χ1v) is 5.89. The average Bonchev–Trinajstić information content (AvgIpc) is 2.25. The summed E-state index contributed by atoms with van der Waals surface area (Å²) in [5.41, 5.74) is 5.87. The molecule has 0 unspecified atom stereocenters. The van der Waals surface area contributed by atoms with Crippen LogP contribution in [0.3, 0.4) is 0 Å². The number of nitrogens with two attached hydrogens (primary N) is 1. The number of guanidine groups is 1. The highest BCUT2D eigenvalue weighted by Crippen LogP contribution is 2.15. The highest BCUT2D eigenvalue weighted by Gasteiger charge is 2.16. The van der Waals surface area contributed by atoms with Crippen LogP contribution in [0.5, 0.6) is 0 Å². The van der Waals surface area contributed by atoms with Gasteiger partial charge in [0.25, 0.3) is 0 Å². The normalized spacial score (nSPS) is 18.6. The monoisotopic (exact) mass is 226 g/mol. The molecule has 1 fully saturated rings. The smallest absolute Gasteiger partial charge is 0.216 e. The Hall–Kier alpha value is -1.26. The molecule has 5 heteroatoms. The Labute approximate surface area is 97.1 Å². The van der Waals surface area contributed by atoms with Gasteiger partial charge in [0.05, 0.1) is 6.54 Å². The summed E-state index contributed by atoms with van der Waals surface area (Å²) in [7, 11) is 0. The van der Waals surface area contributed by atoms with Gasteiger partial charge >= 0.3 is 0 Å². The summed E-state index contributed by atoms with van der Waals surface area (Å²) in [5, 5.41) is 2.69. The Morgan fingerprint density at radius 1 is 1.50 bits per heavy atom. The predicted molar refractivity (Wildman–Crippen MR) is 65.1 cm³/mol. The lowest BCUT2D eigenvalue weighted by atomic mass is 10.00. The molecule has 1 rings (SSSR count). The highest BCUT2D eigenvalue weighted by molar-refractivity contribution is 5.78. The van der Waals surface area contributed by atoms with Gasteiger partial charge in [0.15, 0.2) is 5.96 Å². The minimum atomic E-state index is -0.0273. The minimum absolute atomic E-state index is 0.0273. The number of hydrogen-bond acceptors (Lipinski definition) is 2. The number of nitrogens with zero attached hydrogens (tertiary/aromatic N) is 2. The molecule has 1 amide bonds. The molecule has 0 spiro atoms. The van der Waals surface area contributed by atoms with Crippen molar-refractivity contribution < 1.29 is 4.79 Å². The van der Waals surface area contributed by atoms with Gasteiger partial charge in [-0.05, 0) is 18.8 Å². The summed E-state index contributed by atoms with van der Waals surface area (Å²) >= 11 is 0. The van der Waals surface area contributed by atoms with E-state index in [2.05, 4.69) is 22.1 Å². The number of carbonyl (C=O) groups is 1. The lowest BCUT2D eigenvalue weighted by Gasteiger charge is -2.31. The van der Waals surface area contributed by atoms with Crippen LogP contribution in [0, 0.1) is 5.92 Å². The number of piperidine rings is 1. The van der Waals surface area contributed by atoms with E-state index in [0.29, 0.717) is 19.0 Å². The van der Waals surface area contributed by atoms with Crippen molar-refractivity contribution in [3.8, 4) is 0 Å². The quantitative estimate of drug-likeness (QED) is 0.409. The number of aliphatic imine (C=N–C) groups is 1. The molecule has 0 atom stereocenters. The standard InChI is InChI=1S/C11H22N4O/c1-9-3-7-15(8-4-9)11(12)14-6-5-13-10(2)16/h9H,3-8H2,1-2H3,(H2,12,14)(H,13,16). The number of rotatable bonds is 3. The minimum Gasteiger partial charge on any atom is -0.370 e. The van der Waals surface area contributed by atoms with E-state index in [-0.39, 0.29) is 5.91 Å². The molecular weight excluding hydrogens is 204 g/mol. The third-order valence-corrected chi connectivity index (χ3v) is 2.87. The zero-order chi connectivity index (χ0) is 12.0. The van der Waals surface area contributed by atoms with Crippen LogP contribution in [0.4, 0.5) is 0 Å². The van der Waals surface area contributed by atoms with Gasteiger partial charge in [0.1, 0.15) is 0 Å². The summed E-state index contributed by atoms with van der Waals surface area (Å²) in [6.45, 7) is 6.87. The van der Waals surface area contributed by atoms with Crippen molar-refractivity contribution in [3.63, 3.8) is 0 Å². The second-order valence-corrected chi connectivity index (χ2v) is 4.39. The maximum atomic E-state index is 10.6. The van der Waals surface area contributed by atoms with Crippen molar-refractivity contribution in [1.29, 1.82) is 0 Å².